The van der Waals surface area contributed by atoms with E-state index >= 15 is 0 Å². The zero-order valence-corrected chi connectivity index (χ0v) is 16.2. The van der Waals surface area contributed by atoms with Crippen LogP contribution in [0, 0.1) is 0 Å². The molecule has 0 fully saturated rings. The quantitative estimate of drug-likeness (QED) is 0.647. The minimum Gasteiger partial charge on any atom is -0.495 e. The van der Waals surface area contributed by atoms with Crippen molar-refractivity contribution in [2.75, 3.05) is 31.5 Å². The molecule has 0 saturated heterocycles. The maximum absolute atomic E-state index is 12.2. The van der Waals surface area contributed by atoms with Crippen LogP contribution in [0.3, 0.4) is 0 Å². The topological polar surface area (TPSA) is 85.9 Å². The van der Waals surface area contributed by atoms with Crippen molar-refractivity contribution >= 4 is 23.2 Å². The summed E-state index contributed by atoms with van der Waals surface area (Å²) in [5, 5.41) is 5.38. The van der Waals surface area contributed by atoms with E-state index in [0.29, 0.717) is 35.0 Å². The molecular formula is C21H24N2O5. The van der Waals surface area contributed by atoms with Gasteiger partial charge in [0, 0.05) is 12.6 Å². The van der Waals surface area contributed by atoms with E-state index in [0.717, 1.165) is 5.56 Å². The van der Waals surface area contributed by atoms with Gasteiger partial charge >= 0.3 is 0 Å². The lowest BCUT2D eigenvalue weighted by molar-refractivity contribution is -0.118. The summed E-state index contributed by atoms with van der Waals surface area (Å²) in [7, 11) is 3.04. The van der Waals surface area contributed by atoms with Crippen LogP contribution < -0.4 is 24.8 Å². The first-order valence-electron chi connectivity index (χ1n) is 8.63. The summed E-state index contributed by atoms with van der Waals surface area (Å²) in [6.07, 6.45) is 2.51. The third-order valence-electron chi connectivity index (χ3n) is 3.76. The number of hydrogen-bond acceptors (Lipinski definition) is 5. The van der Waals surface area contributed by atoms with Crippen molar-refractivity contribution in [1.29, 1.82) is 0 Å². The highest BCUT2D eigenvalue weighted by atomic mass is 16.5. The summed E-state index contributed by atoms with van der Waals surface area (Å²) in [5.74, 6) is 0.922. The average Bonchev–Trinajstić information content (AvgIpc) is 2.67. The van der Waals surface area contributed by atoms with Crippen LogP contribution >= 0.6 is 0 Å². The Hall–Kier alpha value is -3.48. The molecular weight excluding hydrogens is 360 g/mol. The van der Waals surface area contributed by atoms with Crippen molar-refractivity contribution in [3.63, 3.8) is 0 Å². The lowest BCUT2D eigenvalue weighted by Crippen LogP contribution is -2.20. The van der Waals surface area contributed by atoms with Crippen LogP contribution in [-0.4, -0.2) is 32.6 Å². The summed E-state index contributed by atoms with van der Waals surface area (Å²) in [6.45, 7) is 4.91. The first-order valence-corrected chi connectivity index (χ1v) is 8.63. The van der Waals surface area contributed by atoms with E-state index in [1.807, 2.05) is 12.1 Å². The number of methoxy groups -OCH3 is 2. The number of benzene rings is 2. The van der Waals surface area contributed by atoms with E-state index < -0.39 is 0 Å². The molecule has 0 heterocycles. The van der Waals surface area contributed by atoms with Crippen molar-refractivity contribution in [3.8, 4) is 17.2 Å². The van der Waals surface area contributed by atoms with E-state index in [2.05, 4.69) is 17.2 Å². The lowest BCUT2D eigenvalue weighted by Gasteiger charge is -2.13. The summed E-state index contributed by atoms with van der Waals surface area (Å²) >= 11 is 0. The van der Waals surface area contributed by atoms with Gasteiger partial charge in [-0.25, -0.2) is 0 Å². The van der Waals surface area contributed by atoms with Gasteiger partial charge in [0.2, 0.25) is 5.91 Å². The summed E-state index contributed by atoms with van der Waals surface area (Å²) < 4.78 is 16.1. The van der Waals surface area contributed by atoms with Crippen LogP contribution in [-0.2, 0) is 16.0 Å². The highest BCUT2D eigenvalue weighted by molar-refractivity contribution is 5.95. The van der Waals surface area contributed by atoms with E-state index in [1.54, 1.807) is 37.5 Å². The molecule has 0 spiro atoms. The molecule has 2 aromatic rings. The van der Waals surface area contributed by atoms with Crippen LogP contribution in [0.2, 0.25) is 0 Å². The van der Waals surface area contributed by atoms with Gasteiger partial charge in [0.1, 0.15) is 5.75 Å². The first kappa shape index (κ1) is 20.8. The molecule has 0 aliphatic heterocycles. The second-order valence-corrected chi connectivity index (χ2v) is 5.91. The van der Waals surface area contributed by atoms with E-state index in [4.69, 9.17) is 14.2 Å². The van der Waals surface area contributed by atoms with Gasteiger partial charge in [-0.2, -0.15) is 0 Å². The van der Waals surface area contributed by atoms with Crippen molar-refractivity contribution < 1.29 is 23.8 Å². The third kappa shape index (κ3) is 5.77. The number of rotatable bonds is 9. The smallest absolute Gasteiger partial charge is 0.262 e. The fraction of sp³-hybridized carbons (Fsp3) is 0.238. The van der Waals surface area contributed by atoms with Gasteiger partial charge in [-0.1, -0.05) is 12.1 Å². The molecule has 0 bridgehead atoms. The standard InChI is InChI=1S/C21H24N2O5/c1-5-6-15-7-9-19(20(11-15)27-4)28-13-21(25)23-16-8-10-18(26-3)17(12-16)22-14(2)24/h5,7-12H,1,6,13H2,2-4H3,(H,22,24)(H,23,25). The number of nitrogens with one attached hydrogen (secondary N) is 2. The van der Waals surface area contributed by atoms with Crippen molar-refractivity contribution in [1.82, 2.24) is 0 Å². The number of anilines is 2. The zero-order valence-electron chi connectivity index (χ0n) is 16.2. The molecule has 2 N–H and O–H groups in total. The minimum absolute atomic E-state index is 0.196. The fourth-order valence-electron chi connectivity index (χ4n) is 2.54. The van der Waals surface area contributed by atoms with E-state index in [1.165, 1.54) is 14.0 Å². The van der Waals surface area contributed by atoms with Crippen molar-refractivity contribution in [3.05, 3.63) is 54.6 Å². The number of allylic oxidation sites excluding steroid dienone is 1. The molecule has 0 unspecified atom stereocenters. The average molecular weight is 384 g/mol. The Morgan fingerprint density at radius 3 is 2.36 bits per heavy atom. The Morgan fingerprint density at radius 2 is 1.71 bits per heavy atom. The molecule has 7 nitrogen and oxygen atoms in total. The Labute approximate surface area is 164 Å². The number of ether oxygens (including phenoxy) is 3. The molecule has 148 valence electrons. The van der Waals surface area contributed by atoms with E-state index in [-0.39, 0.29) is 18.4 Å². The molecule has 2 amide bonds. The Kier molecular flexibility index (Phi) is 7.45. The number of carbonyl (C=O) groups excluding carboxylic acids is 2. The monoisotopic (exact) mass is 384 g/mol. The van der Waals surface area contributed by atoms with Gasteiger partial charge in [0.15, 0.2) is 18.1 Å². The predicted octanol–water partition coefficient (Wildman–Crippen LogP) is 3.41. The molecule has 0 radical (unpaired) electrons. The maximum atomic E-state index is 12.2. The zero-order chi connectivity index (χ0) is 20.5. The Balaban J connectivity index is 2.02. The summed E-state index contributed by atoms with van der Waals surface area (Å²) in [5.41, 5.74) is 2.01. The summed E-state index contributed by atoms with van der Waals surface area (Å²) in [6, 6.07) is 10.4. The van der Waals surface area contributed by atoms with Gasteiger partial charge in [0.25, 0.3) is 5.91 Å². The highest BCUT2D eigenvalue weighted by Crippen LogP contribution is 2.29. The molecule has 2 aromatic carbocycles. The van der Waals surface area contributed by atoms with Crippen LogP contribution in [0.15, 0.2) is 49.1 Å². The highest BCUT2D eigenvalue weighted by Gasteiger charge is 2.11. The molecule has 2 rings (SSSR count). The van der Waals surface area contributed by atoms with Crippen molar-refractivity contribution in [2.24, 2.45) is 0 Å². The first-order chi connectivity index (χ1) is 13.5. The number of carbonyl (C=O) groups is 2. The molecule has 7 heteroatoms. The summed E-state index contributed by atoms with van der Waals surface area (Å²) in [4.78, 5) is 23.5. The second kappa shape index (κ2) is 10.0. The number of hydrogen-bond donors (Lipinski definition) is 2. The lowest BCUT2D eigenvalue weighted by atomic mass is 10.1. The molecule has 0 aliphatic rings. The molecule has 0 atom stereocenters. The largest absolute Gasteiger partial charge is 0.495 e. The Bertz CT molecular complexity index is 864. The molecule has 0 saturated carbocycles. The minimum atomic E-state index is -0.351. The van der Waals surface area contributed by atoms with Crippen LogP contribution in [0.5, 0.6) is 17.2 Å². The fourth-order valence-corrected chi connectivity index (χ4v) is 2.54. The van der Waals surface area contributed by atoms with Gasteiger partial charge in [-0.05, 0) is 42.3 Å². The van der Waals surface area contributed by atoms with Crippen LogP contribution in [0.1, 0.15) is 12.5 Å². The maximum Gasteiger partial charge on any atom is 0.262 e. The SMILES string of the molecule is C=CCc1ccc(OCC(=O)Nc2ccc(OC)c(NC(C)=O)c2)c(OC)c1. The van der Waals surface area contributed by atoms with Crippen LogP contribution in [0.25, 0.3) is 0 Å². The molecule has 28 heavy (non-hydrogen) atoms. The van der Waals surface area contributed by atoms with Gasteiger partial charge in [-0.3, -0.25) is 9.59 Å². The molecule has 0 aromatic heterocycles. The Morgan fingerprint density at radius 1 is 1.00 bits per heavy atom. The van der Waals surface area contributed by atoms with Crippen LogP contribution in [0.4, 0.5) is 11.4 Å². The predicted molar refractivity (Wildman–Crippen MR) is 108 cm³/mol. The van der Waals surface area contributed by atoms with Gasteiger partial charge in [0.05, 0.1) is 19.9 Å². The molecule has 0 aliphatic carbocycles. The normalized spacial score (nSPS) is 9.96. The van der Waals surface area contributed by atoms with Gasteiger partial charge < -0.3 is 24.8 Å². The number of amides is 2. The van der Waals surface area contributed by atoms with Gasteiger partial charge in [-0.15, -0.1) is 6.58 Å². The third-order valence-corrected chi connectivity index (χ3v) is 3.76. The van der Waals surface area contributed by atoms with E-state index in [9.17, 15) is 9.59 Å². The second-order valence-electron chi connectivity index (χ2n) is 5.91. The van der Waals surface area contributed by atoms with Crippen molar-refractivity contribution in [2.45, 2.75) is 13.3 Å².